The molecule has 0 saturated carbocycles. The van der Waals surface area contributed by atoms with Crippen LogP contribution >= 0.6 is 15.9 Å². The van der Waals surface area contributed by atoms with Gasteiger partial charge >= 0.3 is 5.97 Å². The fraction of sp³-hybridized carbons (Fsp3) is 0.250. The highest BCUT2D eigenvalue weighted by atomic mass is 79.9. The van der Waals surface area contributed by atoms with E-state index >= 15 is 0 Å². The number of esters is 1. The summed E-state index contributed by atoms with van der Waals surface area (Å²) in [7, 11) is 0. The van der Waals surface area contributed by atoms with Gasteiger partial charge in [0.15, 0.2) is 0 Å². The first-order chi connectivity index (χ1) is 7.09. The van der Waals surface area contributed by atoms with Crippen molar-refractivity contribution in [1.29, 1.82) is 0 Å². The van der Waals surface area contributed by atoms with Crippen molar-refractivity contribution in [3.8, 4) is 0 Å². The summed E-state index contributed by atoms with van der Waals surface area (Å²) in [6.45, 7) is 3.60. The maximum Gasteiger partial charge on any atom is 0.315 e. The van der Waals surface area contributed by atoms with E-state index < -0.39 is 0 Å². The lowest BCUT2D eigenvalue weighted by molar-refractivity contribution is -0.138. The molecule has 0 fully saturated rings. The molecule has 0 aromatic heterocycles. The Kier molecular flexibility index (Phi) is 4.56. The third kappa shape index (κ3) is 4.30. The van der Waals surface area contributed by atoms with Crippen LogP contribution in [-0.4, -0.2) is 5.97 Å². The molecule has 1 aromatic carbocycles. The minimum Gasteiger partial charge on any atom is -0.430 e. The number of hydrogen-bond donors (Lipinski definition) is 0. The molecule has 0 heterocycles. The summed E-state index contributed by atoms with van der Waals surface area (Å²) in [5.41, 5.74) is 0.961. The smallest absolute Gasteiger partial charge is 0.315 e. The van der Waals surface area contributed by atoms with Crippen molar-refractivity contribution in [2.24, 2.45) is 0 Å². The van der Waals surface area contributed by atoms with Crippen molar-refractivity contribution in [2.45, 2.75) is 20.3 Å². The van der Waals surface area contributed by atoms with Crippen molar-refractivity contribution < 1.29 is 9.53 Å². The van der Waals surface area contributed by atoms with Gasteiger partial charge in [0.25, 0.3) is 0 Å². The minimum atomic E-state index is -0.238. The van der Waals surface area contributed by atoms with Gasteiger partial charge in [-0.3, -0.25) is 4.79 Å². The number of benzene rings is 1. The van der Waals surface area contributed by atoms with E-state index in [0.29, 0.717) is 12.2 Å². The fourth-order valence-corrected chi connectivity index (χ4v) is 1.12. The molecule has 3 heteroatoms. The average molecular weight is 269 g/mol. The molecule has 0 aliphatic rings. The van der Waals surface area contributed by atoms with Crippen molar-refractivity contribution >= 4 is 21.9 Å². The molecule has 0 spiro atoms. The Bertz CT molecular complexity index is 364. The molecule has 0 unspecified atom stereocenters. The number of ether oxygens (including phenoxy) is 1. The molecular weight excluding hydrogens is 256 g/mol. The predicted octanol–water partition coefficient (Wildman–Crippen LogP) is 3.42. The van der Waals surface area contributed by atoms with E-state index in [4.69, 9.17) is 4.74 Å². The molecule has 0 aliphatic heterocycles. The van der Waals surface area contributed by atoms with Gasteiger partial charge in [0.2, 0.25) is 0 Å². The summed E-state index contributed by atoms with van der Waals surface area (Å²) < 4.78 is 5.95. The van der Waals surface area contributed by atoms with Crippen LogP contribution < -0.4 is 0 Å². The Labute approximate surface area is 98.1 Å². The number of carbonyl (C=O) groups is 1. The van der Waals surface area contributed by atoms with Gasteiger partial charge in [-0.25, -0.2) is 0 Å². The SMILES string of the molecule is CC(Br)=C(C)OC(=O)Cc1ccccc1. The molecular formula is C12H13BrO2. The van der Waals surface area contributed by atoms with Gasteiger partial charge in [0, 0.05) is 4.48 Å². The third-order valence-electron chi connectivity index (χ3n) is 1.94. The van der Waals surface area contributed by atoms with Crippen LogP contribution in [0.3, 0.4) is 0 Å². The standard InChI is InChI=1S/C12H13BrO2/c1-9(13)10(2)15-12(14)8-11-6-4-3-5-7-11/h3-7H,8H2,1-2H3. The van der Waals surface area contributed by atoms with Crippen LogP contribution in [0.2, 0.25) is 0 Å². The molecule has 1 aromatic rings. The quantitative estimate of drug-likeness (QED) is 0.620. The molecule has 0 aliphatic carbocycles. The Balaban J connectivity index is 2.55. The van der Waals surface area contributed by atoms with Crippen molar-refractivity contribution in [3.05, 3.63) is 46.1 Å². The summed E-state index contributed by atoms with van der Waals surface area (Å²) in [5, 5.41) is 0. The van der Waals surface area contributed by atoms with Crippen LogP contribution in [0.5, 0.6) is 0 Å². The van der Waals surface area contributed by atoms with Gasteiger partial charge in [-0.05, 0) is 19.4 Å². The Hall–Kier alpha value is -1.09. The zero-order valence-electron chi connectivity index (χ0n) is 8.79. The van der Waals surface area contributed by atoms with E-state index in [-0.39, 0.29) is 5.97 Å². The van der Waals surface area contributed by atoms with Crippen LogP contribution in [0.25, 0.3) is 0 Å². The Morgan fingerprint density at radius 2 is 1.87 bits per heavy atom. The minimum absolute atomic E-state index is 0.238. The molecule has 0 N–H and O–H groups in total. The first kappa shape index (κ1) is 12.0. The van der Waals surface area contributed by atoms with Gasteiger partial charge in [-0.1, -0.05) is 46.3 Å². The van der Waals surface area contributed by atoms with E-state index in [0.717, 1.165) is 10.0 Å². The highest BCUT2D eigenvalue weighted by molar-refractivity contribution is 9.11. The van der Waals surface area contributed by atoms with E-state index in [9.17, 15) is 4.79 Å². The molecule has 80 valence electrons. The van der Waals surface area contributed by atoms with Crippen molar-refractivity contribution in [1.82, 2.24) is 0 Å². The molecule has 0 amide bonds. The average Bonchev–Trinajstić information content (AvgIpc) is 2.18. The summed E-state index contributed by atoms with van der Waals surface area (Å²) in [5.74, 6) is 0.369. The molecule has 0 bridgehead atoms. The van der Waals surface area contributed by atoms with Gasteiger partial charge in [-0.2, -0.15) is 0 Å². The number of halogens is 1. The predicted molar refractivity (Wildman–Crippen MR) is 63.5 cm³/mol. The van der Waals surface area contributed by atoms with Gasteiger partial charge in [-0.15, -0.1) is 0 Å². The molecule has 15 heavy (non-hydrogen) atoms. The van der Waals surface area contributed by atoms with Crippen molar-refractivity contribution in [3.63, 3.8) is 0 Å². The summed E-state index contributed by atoms with van der Waals surface area (Å²) in [4.78, 5) is 11.5. The lowest BCUT2D eigenvalue weighted by atomic mass is 10.2. The first-order valence-electron chi connectivity index (χ1n) is 4.67. The van der Waals surface area contributed by atoms with Crippen LogP contribution in [-0.2, 0) is 16.0 Å². The summed E-state index contributed by atoms with van der Waals surface area (Å²) in [6, 6.07) is 9.54. The first-order valence-corrected chi connectivity index (χ1v) is 5.46. The summed E-state index contributed by atoms with van der Waals surface area (Å²) >= 11 is 3.26. The van der Waals surface area contributed by atoms with Gasteiger partial charge in [0.1, 0.15) is 5.76 Å². The monoisotopic (exact) mass is 268 g/mol. The fourth-order valence-electron chi connectivity index (χ4n) is 1.04. The number of hydrogen-bond acceptors (Lipinski definition) is 2. The molecule has 0 saturated heterocycles. The van der Waals surface area contributed by atoms with Gasteiger partial charge < -0.3 is 4.74 Å². The lowest BCUT2D eigenvalue weighted by Gasteiger charge is -2.05. The third-order valence-corrected chi connectivity index (χ3v) is 2.50. The zero-order valence-corrected chi connectivity index (χ0v) is 10.4. The van der Waals surface area contributed by atoms with Crippen LogP contribution in [0.15, 0.2) is 40.6 Å². The van der Waals surface area contributed by atoms with E-state index in [2.05, 4.69) is 15.9 Å². The normalized spacial score (nSPS) is 11.9. The second-order valence-electron chi connectivity index (χ2n) is 3.23. The van der Waals surface area contributed by atoms with E-state index in [1.54, 1.807) is 6.92 Å². The highest BCUT2D eigenvalue weighted by Crippen LogP contribution is 2.12. The second-order valence-corrected chi connectivity index (χ2v) is 4.42. The second kappa shape index (κ2) is 5.71. The molecule has 0 atom stereocenters. The van der Waals surface area contributed by atoms with Crippen molar-refractivity contribution in [2.75, 3.05) is 0 Å². The zero-order chi connectivity index (χ0) is 11.3. The van der Waals surface area contributed by atoms with Gasteiger partial charge in [0.05, 0.1) is 6.42 Å². The molecule has 1 rings (SSSR count). The van der Waals surface area contributed by atoms with E-state index in [1.807, 2.05) is 37.3 Å². The number of rotatable bonds is 3. The maximum absolute atomic E-state index is 11.5. The number of allylic oxidation sites excluding steroid dienone is 2. The Morgan fingerprint density at radius 1 is 1.27 bits per heavy atom. The highest BCUT2D eigenvalue weighted by Gasteiger charge is 2.06. The topological polar surface area (TPSA) is 26.3 Å². The lowest BCUT2D eigenvalue weighted by Crippen LogP contribution is -2.06. The largest absolute Gasteiger partial charge is 0.430 e. The Morgan fingerprint density at radius 3 is 2.40 bits per heavy atom. The molecule has 2 nitrogen and oxygen atoms in total. The van der Waals surface area contributed by atoms with Crippen LogP contribution in [0.4, 0.5) is 0 Å². The van der Waals surface area contributed by atoms with E-state index in [1.165, 1.54) is 0 Å². The number of carbonyl (C=O) groups excluding carboxylic acids is 1. The maximum atomic E-state index is 11.5. The summed E-state index contributed by atoms with van der Waals surface area (Å²) in [6.07, 6.45) is 0.304. The van der Waals surface area contributed by atoms with Crippen LogP contribution in [0.1, 0.15) is 19.4 Å². The molecule has 0 radical (unpaired) electrons. The van der Waals surface area contributed by atoms with Crippen LogP contribution in [0, 0.1) is 0 Å².